The summed E-state index contributed by atoms with van der Waals surface area (Å²) in [5.74, 6) is 0.692. The van der Waals surface area contributed by atoms with Crippen molar-refractivity contribution in [3.8, 4) is 56.2 Å². The number of hydrogen-bond acceptors (Lipinski definition) is 6. The van der Waals surface area contributed by atoms with Gasteiger partial charge < -0.3 is 0 Å². The van der Waals surface area contributed by atoms with Gasteiger partial charge in [-0.2, -0.15) is 0 Å². The minimum absolute atomic E-state index is 0.692. The molecule has 234 valence electrons. The van der Waals surface area contributed by atoms with Crippen molar-refractivity contribution >= 4 is 63.3 Å². The van der Waals surface area contributed by atoms with Crippen LogP contribution >= 0.6 is 22.7 Å². The predicted molar refractivity (Wildman–Crippen MR) is 211 cm³/mol. The van der Waals surface area contributed by atoms with Crippen LogP contribution in [0.1, 0.15) is 0 Å². The summed E-state index contributed by atoms with van der Waals surface area (Å²) in [7, 11) is 0. The highest BCUT2D eigenvalue weighted by Crippen LogP contribution is 2.44. The van der Waals surface area contributed by atoms with Gasteiger partial charge in [0.1, 0.15) is 6.33 Å². The van der Waals surface area contributed by atoms with E-state index in [9.17, 15) is 0 Å². The average molecular weight is 675 g/mol. The lowest BCUT2D eigenvalue weighted by Gasteiger charge is -2.09. The number of aromatic nitrogens is 4. The van der Waals surface area contributed by atoms with E-state index in [2.05, 4.69) is 140 Å². The number of benzene rings is 6. The summed E-state index contributed by atoms with van der Waals surface area (Å²) < 4.78 is 4.57. The van der Waals surface area contributed by atoms with Crippen LogP contribution in [-0.2, 0) is 0 Å². The molecule has 0 fully saturated rings. The van der Waals surface area contributed by atoms with Crippen LogP contribution in [0.25, 0.3) is 96.8 Å². The molecule has 4 heterocycles. The molecule has 0 atom stereocenters. The van der Waals surface area contributed by atoms with Gasteiger partial charge in [-0.05, 0) is 34.4 Å². The monoisotopic (exact) mass is 674 g/mol. The fourth-order valence-electron chi connectivity index (χ4n) is 6.83. The molecule has 4 aromatic heterocycles. The zero-order chi connectivity index (χ0) is 33.0. The fraction of sp³-hybridized carbons (Fsp3) is 0. The number of rotatable bonds is 5. The fourth-order valence-corrected chi connectivity index (χ4v) is 9.32. The minimum Gasteiger partial charge on any atom is -0.235 e. The molecule has 0 radical (unpaired) electrons. The highest BCUT2D eigenvalue weighted by Gasteiger charge is 2.20. The maximum absolute atomic E-state index is 5.29. The highest BCUT2D eigenvalue weighted by molar-refractivity contribution is 7.27. The number of fused-ring (bicyclic) bond motifs is 6. The largest absolute Gasteiger partial charge is 0.235 e. The van der Waals surface area contributed by atoms with E-state index in [1.54, 1.807) is 29.0 Å². The Kier molecular flexibility index (Phi) is 6.82. The quantitative estimate of drug-likeness (QED) is 0.182. The molecular formula is C44H26N4S2. The second kappa shape index (κ2) is 11.8. The molecule has 0 saturated carbocycles. The molecular weight excluding hydrogens is 649 g/mol. The molecule has 0 saturated heterocycles. The molecule has 0 aliphatic carbocycles. The molecule has 0 spiro atoms. The third kappa shape index (κ3) is 4.80. The smallest absolute Gasteiger partial charge is 0.160 e. The zero-order valence-corrected chi connectivity index (χ0v) is 28.2. The molecule has 6 aromatic carbocycles. The topological polar surface area (TPSA) is 51.6 Å². The molecule has 0 amide bonds. The lowest BCUT2D eigenvalue weighted by Crippen LogP contribution is -1.94. The van der Waals surface area contributed by atoms with E-state index >= 15 is 0 Å². The van der Waals surface area contributed by atoms with Crippen LogP contribution in [0.3, 0.4) is 0 Å². The van der Waals surface area contributed by atoms with Crippen LogP contribution in [0.15, 0.2) is 158 Å². The highest BCUT2D eigenvalue weighted by atomic mass is 32.1. The van der Waals surface area contributed by atoms with E-state index in [1.165, 1.54) is 31.7 Å². The van der Waals surface area contributed by atoms with Gasteiger partial charge in [0, 0.05) is 36.9 Å². The number of nitrogens with zero attached hydrogens (tertiary/aromatic N) is 4. The molecule has 10 rings (SSSR count). The molecule has 0 aliphatic rings. The first-order chi connectivity index (χ1) is 24.8. The van der Waals surface area contributed by atoms with Gasteiger partial charge in [0.25, 0.3) is 0 Å². The molecule has 0 aliphatic heterocycles. The van der Waals surface area contributed by atoms with Crippen molar-refractivity contribution in [1.29, 1.82) is 0 Å². The Balaban J connectivity index is 1.14. The van der Waals surface area contributed by atoms with Crippen LogP contribution in [0.4, 0.5) is 0 Å². The minimum atomic E-state index is 0.692. The number of hydrogen-bond donors (Lipinski definition) is 0. The molecule has 0 bridgehead atoms. The van der Waals surface area contributed by atoms with Crippen LogP contribution in [-0.4, -0.2) is 19.9 Å². The Morgan fingerprint density at radius 2 is 1.06 bits per heavy atom. The average Bonchev–Trinajstić information content (AvgIpc) is 3.77. The Morgan fingerprint density at radius 3 is 1.86 bits per heavy atom. The predicted octanol–water partition coefficient (Wildman–Crippen LogP) is 12.3. The van der Waals surface area contributed by atoms with Crippen LogP contribution in [0, 0.1) is 0 Å². The van der Waals surface area contributed by atoms with Crippen LogP contribution in [0.2, 0.25) is 0 Å². The van der Waals surface area contributed by atoms with Crippen molar-refractivity contribution in [2.24, 2.45) is 0 Å². The van der Waals surface area contributed by atoms with E-state index in [1.807, 2.05) is 12.1 Å². The van der Waals surface area contributed by atoms with Gasteiger partial charge in [0.15, 0.2) is 5.82 Å². The lowest BCUT2D eigenvalue weighted by molar-refractivity contribution is 1.23. The molecule has 6 heteroatoms. The maximum atomic E-state index is 5.29. The third-order valence-electron chi connectivity index (χ3n) is 9.23. The van der Waals surface area contributed by atoms with Crippen LogP contribution in [0.5, 0.6) is 0 Å². The number of thiophene rings is 2. The maximum Gasteiger partial charge on any atom is 0.160 e. The SMILES string of the molecule is c1ccc(-c2ccc3c(c2)sc2c(-c4cccc(-c5nc(-c6ccccc6)c6sc7c(-c8ccccc8)cccc7c6n5)c4)ncnc23)cc1. The Labute approximate surface area is 296 Å². The van der Waals surface area contributed by atoms with Crippen LogP contribution < -0.4 is 0 Å². The summed E-state index contributed by atoms with van der Waals surface area (Å²) in [6.45, 7) is 0. The van der Waals surface area contributed by atoms with E-state index in [-0.39, 0.29) is 0 Å². The van der Waals surface area contributed by atoms with E-state index < -0.39 is 0 Å². The first kappa shape index (κ1) is 28.9. The van der Waals surface area contributed by atoms with Crippen molar-refractivity contribution in [3.63, 3.8) is 0 Å². The van der Waals surface area contributed by atoms with Crippen molar-refractivity contribution in [3.05, 3.63) is 158 Å². The van der Waals surface area contributed by atoms with E-state index in [0.717, 1.165) is 59.3 Å². The Morgan fingerprint density at radius 1 is 0.380 bits per heavy atom. The third-order valence-corrected chi connectivity index (χ3v) is 11.6. The van der Waals surface area contributed by atoms with Gasteiger partial charge in [-0.3, -0.25) is 0 Å². The normalized spacial score (nSPS) is 11.6. The molecule has 50 heavy (non-hydrogen) atoms. The molecule has 0 unspecified atom stereocenters. The first-order valence-electron chi connectivity index (χ1n) is 16.5. The van der Waals surface area contributed by atoms with Gasteiger partial charge in [0.05, 0.1) is 31.8 Å². The Hall–Kier alpha value is -6.08. The molecule has 10 aromatic rings. The Bertz CT molecular complexity index is 2860. The second-order valence-corrected chi connectivity index (χ2v) is 14.3. The molecule has 4 nitrogen and oxygen atoms in total. The van der Waals surface area contributed by atoms with E-state index in [0.29, 0.717) is 5.82 Å². The zero-order valence-electron chi connectivity index (χ0n) is 26.6. The van der Waals surface area contributed by atoms with Gasteiger partial charge in [-0.1, -0.05) is 140 Å². The van der Waals surface area contributed by atoms with Gasteiger partial charge >= 0.3 is 0 Å². The van der Waals surface area contributed by atoms with Gasteiger partial charge in [0.2, 0.25) is 0 Å². The first-order valence-corrected chi connectivity index (χ1v) is 18.1. The standard InChI is InChI=1S/C44H26N4S2/c1-4-12-27(13-5-1)30-22-23-34-36(25-30)49-42-37(45-26-46-39(34)42)31-18-10-19-32(24-31)44-47-38(29-16-8-3-9-17-29)43-40(48-44)35-21-11-20-33(41(35)50-43)28-14-6-2-7-15-28/h1-26H. The summed E-state index contributed by atoms with van der Waals surface area (Å²) >= 11 is 3.51. The summed E-state index contributed by atoms with van der Waals surface area (Å²) in [5.41, 5.74) is 11.6. The summed E-state index contributed by atoms with van der Waals surface area (Å²) in [5, 5.41) is 2.28. The van der Waals surface area contributed by atoms with Crippen molar-refractivity contribution in [2.45, 2.75) is 0 Å². The molecule has 0 N–H and O–H groups in total. The second-order valence-electron chi connectivity index (χ2n) is 12.2. The van der Waals surface area contributed by atoms with E-state index in [4.69, 9.17) is 19.9 Å². The summed E-state index contributed by atoms with van der Waals surface area (Å²) in [6.07, 6.45) is 1.68. The summed E-state index contributed by atoms with van der Waals surface area (Å²) in [6, 6.07) is 53.1. The summed E-state index contributed by atoms with van der Waals surface area (Å²) in [4.78, 5) is 20.2. The van der Waals surface area contributed by atoms with Crippen molar-refractivity contribution in [2.75, 3.05) is 0 Å². The van der Waals surface area contributed by atoms with Crippen molar-refractivity contribution < 1.29 is 0 Å². The van der Waals surface area contributed by atoms with Gasteiger partial charge in [-0.15, -0.1) is 22.7 Å². The van der Waals surface area contributed by atoms with Gasteiger partial charge in [-0.25, -0.2) is 19.9 Å². The lowest BCUT2D eigenvalue weighted by atomic mass is 10.0. The van der Waals surface area contributed by atoms with Crippen molar-refractivity contribution in [1.82, 2.24) is 19.9 Å².